The van der Waals surface area contributed by atoms with Crippen molar-refractivity contribution in [2.45, 2.75) is 19.9 Å². The van der Waals surface area contributed by atoms with Gasteiger partial charge in [-0.15, -0.1) is 0 Å². The van der Waals surface area contributed by atoms with Crippen LogP contribution in [0.25, 0.3) is 10.8 Å². The van der Waals surface area contributed by atoms with Gasteiger partial charge in [-0.3, -0.25) is 4.79 Å². The van der Waals surface area contributed by atoms with Gasteiger partial charge in [0.25, 0.3) is 0 Å². The highest BCUT2D eigenvalue weighted by Crippen LogP contribution is 2.34. The highest BCUT2D eigenvalue weighted by atomic mass is 35.5. The minimum atomic E-state index is -1.34. The highest BCUT2D eigenvalue weighted by molar-refractivity contribution is 6.37. The summed E-state index contributed by atoms with van der Waals surface area (Å²) in [6, 6.07) is 5.58. The largest absolute Gasteiger partial charge is 0.478 e. The minimum absolute atomic E-state index is 0.0110. The van der Waals surface area contributed by atoms with Crippen LogP contribution in [-0.4, -0.2) is 28.6 Å². The van der Waals surface area contributed by atoms with E-state index in [1.807, 2.05) is 0 Å². The third-order valence-electron chi connectivity index (χ3n) is 4.49. The first-order valence-electron chi connectivity index (χ1n) is 8.97. The van der Waals surface area contributed by atoms with E-state index < -0.39 is 35.1 Å². The first-order chi connectivity index (χ1) is 14.2. The molecule has 2 N–H and O–H groups in total. The van der Waals surface area contributed by atoms with Gasteiger partial charge in [-0.2, -0.15) is 0 Å². The van der Waals surface area contributed by atoms with Gasteiger partial charge in [-0.1, -0.05) is 23.7 Å². The lowest BCUT2D eigenvalue weighted by Gasteiger charge is -2.15. The maximum atomic E-state index is 14.7. The van der Waals surface area contributed by atoms with Crippen LogP contribution in [0.4, 0.5) is 13.6 Å². The predicted octanol–water partition coefficient (Wildman–Crippen LogP) is 5.12. The summed E-state index contributed by atoms with van der Waals surface area (Å²) in [7, 11) is 0. The van der Waals surface area contributed by atoms with Crippen LogP contribution in [-0.2, 0) is 0 Å². The second kappa shape index (κ2) is 8.62. The molecule has 0 radical (unpaired) electrons. The second-order valence-electron chi connectivity index (χ2n) is 6.43. The number of carbonyl (C=O) groups excluding carboxylic acids is 1. The Bertz CT molecular complexity index is 1130. The van der Waals surface area contributed by atoms with Gasteiger partial charge in [0.1, 0.15) is 11.6 Å². The van der Waals surface area contributed by atoms with E-state index in [9.17, 15) is 18.4 Å². The smallest absolute Gasteiger partial charge is 0.405 e. The van der Waals surface area contributed by atoms with Gasteiger partial charge in [0.15, 0.2) is 5.78 Å². The lowest BCUT2D eigenvalue weighted by molar-refractivity contribution is 0.103. The van der Waals surface area contributed by atoms with Crippen molar-refractivity contribution in [3.8, 4) is 5.88 Å². The van der Waals surface area contributed by atoms with Crippen LogP contribution in [0, 0.1) is 11.6 Å². The molecule has 0 bridgehead atoms. The van der Waals surface area contributed by atoms with E-state index in [1.165, 1.54) is 19.2 Å². The van der Waals surface area contributed by atoms with Crippen molar-refractivity contribution in [2.24, 2.45) is 0 Å². The second-order valence-corrected chi connectivity index (χ2v) is 6.84. The van der Waals surface area contributed by atoms with Crippen LogP contribution in [0.1, 0.15) is 41.4 Å². The molecule has 0 unspecified atom stereocenters. The van der Waals surface area contributed by atoms with Crippen molar-refractivity contribution in [1.82, 2.24) is 10.3 Å². The van der Waals surface area contributed by atoms with E-state index in [1.54, 1.807) is 19.1 Å². The van der Waals surface area contributed by atoms with Crippen molar-refractivity contribution in [2.75, 3.05) is 6.61 Å². The van der Waals surface area contributed by atoms with Crippen molar-refractivity contribution in [1.29, 1.82) is 0 Å². The Morgan fingerprint density at radius 2 is 1.93 bits per heavy atom. The number of ketones is 1. The number of pyridine rings is 1. The van der Waals surface area contributed by atoms with Crippen molar-refractivity contribution >= 4 is 34.2 Å². The number of hydrogen-bond donors (Lipinski definition) is 2. The molecule has 1 aromatic heterocycles. The number of aromatic nitrogens is 1. The fourth-order valence-corrected chi connectivity index (χ4v) is 3.39. The molecule has 1 heterocycles. The zero-order chi connectivity index (χ0) is 22.0. The molecule has 0 saturated heterocycles. The average molecular weight is 435 g/mol. The summed E-state index contributed by atoms with van der Waals surface area (Å²) in [4.78, 5) is 27.9. The number of benzene rings is 2. The number of carboxylic acid groups (broad SMARTS) is 1. The molecule has 9 heteroatoms. The number of ether oxygens (including phenoxy) is 1. The fraction of sp³-hybridized carbons (Fsp3) is 0.190. The number of halogens is 3. The van der Waals surface area contributed by atoms with Crippen molar-refractivity contribution < 1.29 is 28.2 Å². The summed E-state index contributed by atoms with van der Waals surface area (Å²) in [5.41, 5.74) is -0.731. The number of nitrogens with one attached hydrogen (secondary N) is 1. The van der Waals surface area contributed by atoms with Crippen LogP contribution in [0.5, 0.6) is 5.88 Å². The maximum Gasteiger partial charge on any atom is 0.405 e. The topological polar surface area (TPSA) is 88.5 Å². The molecule has 3 rings (SSSR count). The molecular formula is C21H17ClF2N2O4. The molecule has 0 aliphatic heterocycles. The molecule has 2 aromatic carbocycles. The molecule has 1 amide bonds. The zero-order valence-electron chi connectivity index (χ0n) is 16.0. The monoisotopic (exact) mass is 434 g/mol. The van der Waals surface area contributed by atoms with E-state index in [4.69, 9.17) is 21.4 Å². The average Bonchev–Trinajstić information content (AvgIpc) is 2.68. The predicted molar refractivity (Wildman–Crippen MR) is 107 cm³/mol. The Morgan fingerprint density at radius 3 is 2.53 bits per heavy atom. The van der Waals surface area contributed by atoms with E-state index in [0.717, 1.165) is 12.1 Å². The maximum absolute atomic E-state index is 14.7. The molecular weight excluding hydrogens is 418 g/mol. The zero-order valence-corrected chi connectivity index (χ0v) is 16.8. The minimum Gasteiger partial charge on any atom is -0.478 e. The standard InChI is InChI=1S/C21H17ClF2N2O4/c1-3-30-20-13-6-4-5-12(17(13)14(22)9-25-20)19(27)18-15(23)7-11(8-16(18)24)10(2)26-21(28)29/h4-10,26H,3H2,1-2H3,(H,28,29)/t10-/m0/s1. The van der Waals surface area contributed by atoms with Gasteiger partial charge < -0.3 is 15.2 Å². The summed E-state index contributed by atoms with van der Waals surface area (Å²) in [6.45, 7) is 3.52. The van der Waals surface area contributed by atoms with E-state index in [0.29, 0.717) is 12.0 Å². The number of hydrogen-bond acceptors (Lipinski definition) is 4. The number of amides is 1. The fourth-order valence-electron chi connectivity index (χ4n) is 3.14. The lowest BCUT2D eigenvalue weighted by atomic mass is 9.95. The Hall–Kier alpha value is -3.26. The SMILES string of the molecule is CCOc1ncc(Cl)c2c(C(=O)c3c(F)cc([C@H](C)NC(=O)O)cc3F)cccc12. The summed E-state index contributed by atoms with van der Waals surface area (Å²) in [5, 5.41) is 11.7. The molecule has 0 saturated carbocycles. The molecule has 156 valence electrons. The van der Waals surface area contributed by atoms with Gasteiger partial charge in [0.05, 0.1) is 29.4 Å². The Kier molecular flexibility index (Phi) is 6.17. The molecule has 0 spiro atoms. The van der Waals surface area contributed by atoms with Crippen molar-refractivity contribution in [3.05, 3.63) is 69.9 Å². The van der Waals surface area contributed by atoms with Gasteiger partial charge >= 0.3 is 6.09 Å². The van der Waals surface area contributed by atoms with Crippen LogP contribution in [0.15, 0.2) is 36.5 Å². The van der Waals surface area contributed by atoms with Gasteiger partial charge in [-0.25, -0.2) is 18.6 Å². The van der Waals surface area contributed by atoms with E-state index >= 15 is 0 Å². The number of nitrogens with zero attached hydrogens (tertiary/aromatic N) is 1. The summed E-state index contributed by atoms with van der Waals surface area (Å²) in [5.74, 6) is -2.88. The summed E-state index contributed by atoms with van der Waals surface area (Å²) in [6.07, 6.45) is -0.0339. The van der Waals surface area contributed by atoms with Crippen LogP contribution in [0.3, 0.4) is 0 Å². The summed E-state index contributed by atoms with van der Waals surface area (Å²) < 4.78 is 34.9. The van der Waals surface area contributed by atoms with E-state index in [2.05, 4.69) is 10.3 Å². The van der Waals surface area contributed by atoms with Gasteiger partial charge in [-0.05, 0) is 37.6 Å². The molecule has 0 aliphatic carbocycles. The molecule has 6 nitrogen and oxygen atoms in total. The van der Waals surface area contributed by atoms with Crippen molar-refractivity contribution in [3.63, 3.8) is 0 Å². The first kappa shape index (κ1) is 21.4. The number of rotatable bonds is 6. The number of carbonyl (C=O) groups is 2. The third-order valence-corrected chi connectivity index (χ3v) is 4.77. The molecule has 0 fully saturated rings. The molecule has 3 aromatic rings. The highest BCUT2D eigenvalue weighted by Gasteiger charge is 2.25. The quantitative estimate of drug-likeness (QED) is 0.525. The normalized spacial score (nSPS) is 11.9. The Balaban J connectivity index is 2.13. The lowest BCUT2D eigenvalue weighted by Crippen LogP contribution is -2.25. The van der Waals surface area contributed by atoms with Crippen LogP contribution in [0.2, 0.25) is 5.02 Å². The third kappa shape index (κ3) is 4.04. The summed E-state index contributed by atoms with van der Waals surface area (Å²) >= 11 is 6.24. The molecule has 30 heavy (non-hydrogen) atoms. The molecule has 0 aliphatic rings. The molecule has 1 atom stereocenters. The van der Waals surface area contributed by atoms with Gasteiger partial charge in [0, 0.05) is 16.3 Å². The first-order valence-corrected chi connectivity index (χ1v) is 9.35. The van der Waals surface area contributed by atoms with E-state index in [-0.39, 0.29) is 27.4 Å². The van der Waals surface area contributed by atoms with Gasteiger partial charge in [0.2, 0.25) is 5.88 Å². The Morgan fingerprint density at radius 1 is 1.27 bits per heavy atom. The Labute approximate surface area is 175 Å². The van der Waals surface area contributed by atoms with Crippen LogP contribution < -0.4 is 10.1 Å². The number of fused-ring (bicyclic) bond motifs is 1. The van der Waals surface area contributed by atoms with Crippen LogP contribution >= 0.6 is 11.6 Å².